The topological polar surface area (TPSA) is 49.8 Å². The van der Waals surface area contributed by atoms with Gasteiger partial charge in [-0.3, -0.25) is 4.79 Å². The molecule has 1 N–H and O–H groups in total. The Balaban J connectivity index is 1.36. The molecular weight excluding hydrogens is 350 g/mol. The number of hydrogen-bond donors (Lipinski definition) is 1. The lowest BCUT2D eigenvalue weighted by Gasteiger charge is -2.32. The lowest BCUT2D eigenvalue weighted by molar-refractivity contribution is -0.137. The number of fused-ring (bicyclic) bond motifs is 2. The third kappa shape index (κ3) is 5.75. The van der Waals surface area contributed by atoms with Gasteiger partial charge < -0.3 is 14.7 Å². The van der Waals surface area contributed by atoms with Crippen molar-refractivity contribution in [3.8, 4) is 11.5 Å². The van der Waals surface area contributed by atoms with E-state index in [9.17, 15) is 4.79 Å². The highest BCUT2D eigenvalue weighted by Gasteiger charge is 2.22. The fourth-order valence-corrected chi connectivity index (χ4v) is 3.81. The Kier molecular flexibility index (Phi) is 7.77. The molecule has 28 heavy (non-hydrogen) atoms. The summed E-state index contributed by atoms with van der Waals surface area (Å²) in [4.78, 5) is 12.9. The van der Waals surface area contributed by atoms with Crippen molar-refractivity contribution < 1.29 is 14.6 Å². The van der Waals surface area contributed by atoms with Gasteiger partial charge in [0.05, 0.1) is 11.4 Å². The van der Waals surface area contributed by atoms with E-state index in [0.717, 1.165) is 48.7 Å². The molecule has 3 rings (SSSR count). The summed E-state index contributed by atoms with van der Waals surface area (Å²) in [7, 11) is 0. The van der Waals surface area contributed by atoms with Crippen molar-refractivity contribution in [2.75, 3.05) is 11.4 Å². The first-order valence-corrected chi connectivity index (χ1v) is 10.6. The van der Waals surface area contributed by atoms with Crippen LogP contribution in [0.2, 0.25) is 0 Å². The fraction of sp³-hybridized carbons (Fsp3) is 0.458. The minimum absolute atomic E-state index is 0.313. The van der Waals surface area contributed by atoms with E-state index in [4.69, 9.17) is 9.84 Å². The SMILES string of the molecule is O=C(O)CCCCCCCCCCCN1c2ccccc2Oc2ccccc21. The van der Waals surface area contributed by atoms with Crippen LogP contribution in [-0.4, -0.2) is 17.6 Å². The molecule has 1 heterocycles. The number of hydrogen-bond acceptors (Lipinski definition) is 3. The van der Waals surface area contributed by atoms with Gasteiger partial charge in [-0.2, -0.15) is 0 Å². The van der Waals surface area contributed by atoms with Crippen molar-refractivity contribution in [1.29, 1.82) is 0 Å². The summed E-state index contributed by atoms with van der Waals surface area (Å²) in [5.41, 5.74) is 2.31. The average molecular weight is 382 g/mol. The number of aliphatic carboxylic acids is 1. The second-order valence-electron chi connectivity index (χ2n) is 7.51. The van der Waals surface area contributed by atoms with E-state index >= 15 is 0 Å². The lowest BCUT2D eigenvalue weighted by atomic mass is 10.1. The zero-order valence-corrected chi connectivity index (χ0v) is 16.6. The van der Waals surface area contributed by atoms with Gasteiger partial charge in [0.1, 0.15) is 0 Å². The molecule has 0 amide bonds. The predicted molar refractivity (Wildman–Crippen MR) is 114 cm³/mol. The van der Waals surface area contributed by atoms with Gasteiger partial charge in [-0.15, -0.1) is 0 Å². The molecule has 2 aromatic rings. The van der Waals surface area contributed by atoms with Crippen molar-refractivity contribution in [2.24, 2.45) is 0 Å². The number of benzene rings is 2. The standard InChI is InChI=1S/C24H31NO3/c26-24(27)18-8-6-4-2-1-3-5-7-13-19-25-20-14-9-11-16-22(20)28-23-17-12-10-15-21(23)25/h9-12,14-17H,1-8,13,18-19H2,(H,26,27). The van der Waals surface area contributed by atoms with Crippen LogP contribution in [0.4, 0.5) is 11.4 Å². The number of ether oxygens (including phenoxy) is 1. The first-order chi connectivity index (χ1) is 13.8. The molecule has 0 saturated heterocycles. The van der Waals surface area contributed by atoms with Crippen LogP contribution >= 0.6 is 0 Å². The molecule has 0 bridgehead atoms. The van der Waals surface area contributed by atoms with Gasteiger partial charge in [0.15, 0.2) is 11.5 Å². The molecule has 0 fully saturated rings. The van der Waals surface area contributed by atoms with Gasteiger partial charge in [0, 0.05) is 13.0 Å². The summed E-state index contributed by atoms with van der Waals surface area (Å²) >= 11 is 0. The highest BCUT2D eigenvalue weighted by Crippen LogP contribution is 2.46. The van der Waals surface area contributed by atoms with E-state index in [1.807, 2.05) is 24.3 Å². The third-order valence-corrected chi connectivity index (χ3v) is 5.30. The van der Waals surface area contributed by atoms with Crippen LogP contribution in [0.5, 0.6) is 11.5 Å². The largest absolute Gasteiger partial charge is 0.481 e. The molecule has 1 aliphatic rings. The molecule has 2 aromatic carbocycles. The van der Waals surface area contributed by atoms with Crippen LogP contribution in [0, 0.1) is 0 Å². The summed E-state index contributed by atoms with van der Waals surface area (Å²) < 4.78 is 6.05. The smallest absolute Gasteiger partial charge is 0.303 e. The summed E-state index contributed by atoms with van der Waals surface area (Å²) in [5.74, 6) is 1.19. The van der Waals surface area contributed by atoms with E-state index in [-0.39, 0.29) is 0 Å². The van der Waals surface area contributed by atoms with Gasteiger partial charge >= 0.3 is 5.97 Å². The molecular formula is C24H31NO3. The van der Waals surface area contributed by atoms with E-state index in [1.165, 1.54) is 38.5 Å². The van der Waals surface area contributed by atoms with E-state index in [0.29, 0.717) is 6.42 Å². The maximum absolute atomic E-state index is 10.5. The van der Waals surface area contributed by atoms with Crippen molar-refractivity contribution in [2.45, 2.75) is 64.2 Å². The quantitative estimate of drug-likeness (QED) is 0.406. The summed E-state index contributed by atoms with van der Waals surface area (Å²) in [5, 5.41) is 8.63. The summed E-state index contributed by atoms with van der Waals surface area (Å²) in [6.45, 7) is 1.01. The van der Waals surface area contributed by atoms with Gasteiger partial charge in [0.25, 0.3) is 0 Å². The second-order valence-corrected chi connectivity index (χ2v) is 7.51. The Bertz CT molecular complexity index is 714. The molecule has 150 valence electrons. The molecule has 0 aliphatic carbocycles. The summed E-state index contributed by atoms with van der Waals surface area (Å²) in [6.07, 6.45) is 10.8. The van der Waals surface area contributed by atoms with Crippen LogP contribution in [0.15, 0.2) is 48.5 Å². The molecule has 0 spiro atoms. The maximum Gasteiger partial charge on any atom is 0.303 e. The minimum atomic E-state index is -0.675. The molecule has 0 saturated carbocycles. The van der Waals surface area contributed by atoms with Gasteiger partial charge in [0.2, 0.25) is 0 Å². The van der Waals surface area contributed by atoms with Crippen LogP contribution in [0.3, 0.4) is 0 Å². The molecule has 0 atom stereocenters. The van der Waals surface area contributed by atoms with Gasteiger partial charge in [-0.1, -0.05) is 69.2 Å². The predicted octanol–water partition coefficient (Wildman–Crippen LogP) is 6.92. The number of unbranched alkanes of at least 4 members (excludes halogenated alkanes) is 8. The van der Waals surface area contributed by atoms with Crippen molar-refractivity contribution >= 4 is 17.3 Å². The number of carboxylic acids is 1. The molecule has 4 nitrogen and oxygen atoms in total. The number of rotatable bonds is 12. The zero-order valence-electron chi connectivity index (χ0n) is 16.6. The van der Waals surface area contributed by atoms with Crippen LogP contribution in [0.25, 0.3) is 0 Å². The molecule has 0 radical (unpaired) electrons. The Hall–Kier alpha value is -2.49. The van der Waals surface area contributed by atoms with E-state index in [1.54, 1.807) is 0 Å². The van der Waals surface area contributed by atoms with Crippen LogP contribution in [-0.2, 0) is 4.79 Å². The van der Waals surface area contributed by atoms with E-state index < -0.39 is 5.97 Å². The van der Waals surface area contributed by atoms with Crippen molar-refractivity contribution in [1.82, 2.24) is 0 Å². The molecule has 0 unspecified atom stereocenters. The minimum Gasteiger partial charge on any atom is -0.481 e. The van der Waals surface area contributed by atoms with E-state index in [2.05, 4.69) is 29.2 Å². The van der Waals surface area contributed by atoms with Crippen molar-refractivity contribution in [3.63, 3.8) is 0 Å². The maximum atomic E-state index is 10.5. The van der Waals surface area contributed by atoms with Crippen molar-refractivity contribution in [3.05, 3.63) is 48.5 Å². The molecule has 1 aliphatic heterocycles. The third-order valence-electron chi connectivity index (χ3n) is 5.30. The Morgan fingerprint density at radius 2 is 1.18 bits per heavy atom. The Labute approximate surface area is 168 Å². The number of carbonyl (C=O) groups is 1. The lowest BCUT2D eigenvalue weighted by Crippen LogP contribution is -2.22. The average Bonchev–Trinajstić information content (AvgIpc) is 2.71. The molecule has 4 heteroatoms. The normalized spacial score (nSPS) is 12.2. The zero-order chi connectivity index (χ0) is 19.6. The van der Waals surface area contributed by atoms with Gasteiger partial charge in [-0.25, -0.2) is 0 Å². The second kappa shape index (κ2) is 10.7. The van der Waals surface area contributed by atoms with Crippen LogP contribution in [0.1, 0.15) is 64.2 Å². The molecule has 0 aromatic heterocycles. The van der Waals surface area contributed by atoms with Gasteiger partial charge in [-0.05, 0) is 37.1 Å². The first kappa shape index (κ1) is 20.2. The fourth-order valence-electron chi connectivity index (χ4n) is 3.81. The highest BCUT2D eigenvalue weighted by atomic mass is 16.5. The highest BCUT2D eigenvalue weighted by molar-refractivity contribution is 5.77. The number of carboxylic acid groups (broad SMARTS) is 1. The number of nitrogens with zero attached hydrogens (tertiary/aromatic N) is 1. The summed E-state index contributed by atoms with van der Waals surface area (Å²) in [6, 6.07) is 16.5. The number of anilines is 2. The number of para-hydroxylation sites is 4. The van der Waals surface area contributed by atoms with Crippen LogP contribution < -0.4 is 9.64 Å². The Morgan fingerprint density at radius 3 is 1.71 bits per heavy atom. The first-order valence-electron chi connectivity index (χ1n) is 10.6. The Morgan fingerprint density at radius 1 is 0.714 bits per heavy atom. The monoisotopic (exact) mass is 381 g/mol.